The minimum Gasteiger partial charge on any atom is -0.467 e. The molecule has 1 saturated heterocycles. The van der Waals surface area contributed by atoms with Gasteiger partial charge in [-0.15, -0.1) is 0 Å². The lowest BCUT2D eigenvalue weighted by atomic mass is 10.1. The summed E-state index contributed by atoms with van der Waals surface area (Å²) in [4.78, 5) is 15.2. The van der Waals surface area contributed by atoms with Crippen LogP contribution >= 0.6 is 35.6 Å². The van der Waals surface area contributed by atoms with Gasteiger partial charge in [-0.25, -0.2) is 4.68 Å². The lowest BCUT2D eigenvalue weighted by Gasteiger charge is -2.11. The standard InChI is InChI=1S/C24H16ClN3O2S2/c25-18-10-8-16(9-11-18)22-17(14-28(26-22)19-5-2-1-3-6-19)13-21-23(29)27(24(31)32-21)15-20-7-4-12-30-20/h1-14H,15H2. The van der Waals surface area contributed by atoms with Crippen LogP contribution in [0.2, 0.25) is 5.02 Å². The molecule has 1 aliphatic rings. The number of hydrogen-bond acceptors (Lipinski definition) is 5. The van der Waals surface area contributed by atoms with Gasteiger partial charge in [0.2, 0.25) is 0 Å². The van der Waals surface area contributed by atoms with E-state index in [-0.39, 0.29) is 5.91 Å². The molecule has 5 rings (SSSR count). The number of furan rings is 1. The Morgan fingerprint density at radius 3 is 2.56 bits per heavy atom. The van der Waals surface area contributed by atoms with Crippen molar-refractivity contribution in [1.82, 2.24) is 14.7 Å². The van der Waals surface area contributed by atoms with E-state index in [0.29, 0.717) is 26.6 Å². The molecule has 0 spiro atoms. The third-order valence-electron chi connectivity index (χ3n) is 4.94. The smallest absolute Gasteiger partial charge is 0.266 e. The Balaban J connectivity index is 1.54. The van der Waals surface area contributed by atoms with Crippen LogP contribution in [-0.2, 0) is 11.3 Å². The highest BCUT2D eigenvalue weighted by molar-refractivity contribution is 8.26. The van der Waals surface area contributed by atoms with Gasteiger partial charge in [-0.2, -0.15) is 5.10 Å². The van der Waals surface area contributed by atoms with Crippen molar-refractivity contribution in [2.45, 2.75) is 6.54 Å². The number of nitrogens with zero attached hydrogens (tertiary/aromatic N) is 3. The number of hydrogen-bond donors (Lipinski definition) is 0. The van der Waals surface area contributed by atoms with Gasteiger partial charge in [0.1, 0.15) is 10.1 Å². The predicted octanol–water partition coefficient (Wildman–Crippen LogP) is 6.19. The van der Waals surface area contributed by atoms with Crippen LogP contribution < -0.4 is 0 Å². The number of carbonyl (C=O) groups is 1. The first-order chi connectivity index (χ1) is 15.6. The van der Waals surface area contributed by atoms with Gasteiger partial charge in [-0.1, -0.05) is 65.9 Å². The molecule has 2 aromatic heterocycles. The summed E-state index contributed by atoms with van der Waals surface area (Å²) >= 11 is 12.8. The van der Waals surface area contributed by atoms with E-state index >= 15 is 0 Å². The number of thioether (sulfide) groups is 1. The summed E-state index contributed by atoms with van der Waals surface area (Å²) in [6.45, 7) is 0.308. The lowest BCUT2D eigenvalue weighted by Crippen LogP contribution is -2.27. The molecule has 0 aliphatic carbocycles. The first-order valence-electron chi connectivity index (χ1n) is 9.77. The molecule has 5 nitrogen and oxygen atoms in total. The molecule has 8 heteroatoms. The minimum absolute atomic E-state index is 0.147. The highest BCUT2D eigenvalue weighted by Crippen LogP contribution is 2.35. The molecule has 1 fully saturated rings. The summed E-state index contributed by atoms with van der Waals surface area (Å²) in [5, 5.41) is 5.44. The Hall–Kier alpha value is -3.13. The van der Waals surface area contributed by atoms with Crippen LogP contribution in [0.25, 0.3) is 23.0 Å². The van der Waals surface area contributed by atoms with Gasteiger partial charge in [0.25, 0.3) is 5.91 Å². The zero-order valence-electron chi connectivity index (χ0n) is 16.6. The molecule has 0 unspecified atom stereocenters. The summed E-state index contributed by atoms with van der Waals surface area (Å²) in [5.74, 6) is 0.534. The third-order valence-corrected chi connectivity index (χ3v) is 6.56. The monoisotopic (exact) mass is 477 g/mol. The van der Waals surface area contributed by atoms with Crippen molar-refractivity contribution in [2.24, 2.45) is 0 Å². The van der Waals surface area contributed by atoms with Crippen molar-refractivity contribution < 1.29 is 9.21 Å². The third kappa shape index (κ3) is 4.14. The summed E-state index contributed by atoms with van der Waals surface area (Å²) in [5.41, 5.74) is 3.39. The van der Waals surface area contributed by atoms with Crippen LogP contribution in [0.4, 0.5) is 0 Å². The van der Waals surface area contributed by atoms with Crippen molar-refractivity contribution in [3.63, 3.8) is 0 Å². The topological polar surface area (TPSA) is 51.3 Å². The molecule has 3 heterocycles. The fourth-order valence-electron chi connectivity index (χ4n) is 3.37. The van der Waals surface area contributed by atoms with Gasteiger partial charge in [0.05, 0.1) is 29.1 Å². The van der Waals surface area contributed by atoms with E-state index in [1.165, 1.54) is 11.8 Å². The normalized spacial score (nSPS) is 15.2. The second-order valence-electron chi connectivity index (χ2n) is 7.07. The van der Waals surface area contributed by atoms with E-state index < -0.39 is 0 Å². The van der Waals surface area contributed by atoms with Gasteiger partial charge >= 0.3 is 0 Å². The Kier molecular flexibility index (Phi) is 5.70. The minimum atomic E-state index is -0.147. The number of benzene rings is 2. The van der Waals surface area contributed by atoms with E-state index in [1.54, 1.807) is 21.9 Å². The zero-order chi connectivity index (χ0) is 22.1. The van der Waals surface area contributed by atoms with Crippen LogP contribution in [0, 0.1) is 0 Å². The largest absolute Gasteiger partial charge is 0.467 e. The van der Waals surface area contributed by atoms with E-state index in [9.17, 15) is 4.79 Å². The van der Waals surface area contributed by atoms with Crippen LogP contribution in [0.1, 0.15) is 11.3 Å². The maximum Gasteiger partial charge on any atom is 0.266 e. The van der Waals surface area contributed by atoms with Crippen molar-refractivity contribution in [3.8, 4) is 16.9 Å². The van der Waals surface area contributed by atoms with Crippen molar-refractivity contribution in [1.29, 1.82) is 0 Å². The quantitative estimate of drug-likeness (QED) is 0.253. The maximum atomic E-state index is 13.1. The highest BCUT2D eigenvalue weighted by Gasteiger charge is 2.33. The lowest BCUT2D eigenvalue weighted by molar-refractivity contribution is -0.122. The molecule has 0 bridgehead atoms. The second-order valence-corrected chi connectivity index (χ2v) is 9.18. The number of amides is 1. The Morgan fingerprint density at radius 2 is 1.84 bits per heavy atom. The number of aromatic nitrogens is 2. The molecule has 2 aromatic carbocycles. The van der Waals surface area contributed by atoms with Gasteiger partial charge in [-0.05, 0) is 42.5 Å². The molecule has 0 saturated carbocycles. The molecule has 0 N–H and O–H groups in total. The number of rotatable bonds is 5. The SMILES string of the molecule is O=C1C(=Cc2cn(-c3ccccc3)nc2-c2ccc(Cl)cc2)SC(=S)N1Cc1ccco1. The van der Waals surface area contributed by atoms with Crippen molar-refractivity contribution >= 4 is 51.9 Å². The van der Waals surface area contributed by atoms with Gasteiger partial charge in [0, 0.05) is 22.3 Å². The van der Waals surface area contributed by atoms with Crippen LogP contribution in [0.3, 0.4) is 0 Å². The summed E-state index contributed by atoms with van der Waals surface area (Å²) in [7, 11) is 0. The first kappa shape index (κ1) is 20.8. The fourth-order valence-corrected chi connectivity index (χ4v) is 4.75. The average molecular weight is 478 g/mol. The Bertz CT molecular complexity index is 1310. The first-order valence-corrected chi connectivity index (χ1v) is 11.4. The van der Waals surface area contributed by atoms with E-state index in [2.05, 4.69) is 0 Å². The number of carbonyl (C=O) groups excluding carboxylic acids is 1. The van der Waals surface area contributed by atoms with Crippen LogP contribution in [0.15, 0.2) is 88.5 Å². The number of halogens is 1. The van der Waals surface area contributed by atoms with Gasteiger partial charge in [-0.3, -0.25) is 9.69 Å². The number of para-hydroxylation sites is 1. The second kappa shape index (κ2) is 8.78. The maximum absolute atomic E-state index is 13.1. The Labute approximate surface area is 199 Å². The predicted molar refractivity (Wildman–Crippen MR) is 131 cm³/mol. The zero-order valence-corrected chi connectivity index (χ0v) is 19.0. The van der Waals surface area contributed by atoms with Crippen LogP contribution in [0.5, 0.6) is 0 Å². The highest BCUT2D eigenvalue weighted by atomic mass is 35.5. The summed E-state index contributed by atoms with van der Waals surface area (Å²) in [6.07, 6.45) is 5.34. The summed E-state index contributed by atoms with van der Waals surface area (Å²) in [6, 6.07) is 20.9. The molecule has 1 amide bonds. The van der Waals surface area contributed by atoms with Gasteiger partial charge < -0.3 is 4.42 Å². The molecular weight excluding hydrogens is 462 g/mol. The molecule has 0 radical (unpaired) electrons. The van der Waals surface area contributed by atoms with Crippen molar-refractivity contribution in [2.75, 3.05) is 0 Å². The van der Waals surface area contributed by atoms with Crippen molar-refractivity contribution in [3.05, 3.63) is 100 Å². The fraction of sp³-hybridized carbons (Fsp3) is 0.0417. The van der Waals surface area contributed by atoms with E-state index in [4.69, 9.17) is 33.3 Å². The van der Waals surface area contributed by atoms with E-state index in [0.717, 1.165) is 22.5 Å². The Morgan fingerprint density at radius 1 is 1.06 bits per heavy atom. The molecule has 0 atom stereocenters. The molecular formula is C24H16ClN3O2S2. The molecule has 158 valence electrons. The number of thiocarbonyl (C=S) groups is 1. The molecule has 4 aromatic rings. The molecule has 1 aliphatic heterocycles. The molecule has 32 heavy (non-hydrogen) atoms. The van der Waals surface area contributed by atoms with Gasteiger partial charge in [0.15, 0.2) is 0 Å². The van der Waals surface area contributed by atoms with Crippen LogP contribution in [-0.4, -0.2) is 24.9 Å². The van der Waals surface area contributed by atoms with E-state index in [1.807, 2.05) is 72.9 Å². The average Bonchev–Trinajstić information content (AvgIpc) is 3.53. The summed E-state index contributed by atoms with van der Waals surface area (Å²) < 4.78 is 7.68.